The number of aliphatic carboxylic acids is 3. The highest BCUT2D eigenvalue weighted by Gasteiger charge is 2.28. The predicted octanol–water partition coefficient (Wildman–Crippen LogP) is -4.08. The molecule has 1 saturated heterocycles. The maximum atomic E-state index is 10.4. The van der Waals surface area contributed by atoms with Crippen molar-refractivity contribution in [1.82, 2.24) is 5.32 Å². The van der Waals surface area contributed by atoms with Crippen molar-refractivity contribution in [3.8, 4) is 0 Å². The number of carboxylic acid groups (broad SMARTS) is 3. The Kier molecular flexibility index (Phi) is 11.5. The maximum Gasteiger partial charge on any atom is 0.0870 e. The van der Waals surface area contributed by atoms with E-state index in [-0.39, 0.29) is 0 Å². The van der Waals surface area contributed by atoms with Crippen LogP contribution >= 0.6 is 0 Å². The molecule has 1 fully saturated rings. The molecule has 0 aliphatic carbocycles. The Balaban J connectivity index is 0. The lowest BCUT2D eigenvalue weighted by Crippen LogP contribution is -2.60. The minimum Gasteiger partial charge on any atom is -0.548 e. The quantitative estimate of drug-likeness (QED) is 0.485. The van der Waals surface area contributed by atoms with Crippen molar-refractivity contribution in [2.45, 2.75) is 38.1 Å². The van der Waals surface area contributed by atoms with Crippen molar-refractivity contribution < 1.29 is 29.7 Å². The van der Waals surface area contributed by atoms with E-state index >= 15 is 0 Å². The van der Waals surface area contributed by atoms with Crippen LogP contribution < -0.4 is 26.4 Å². The van der Waals surface area contributed by atoms with Gasteiger partial charge in [0, 0.05) is 0 Å². The number of unbranched alkanes of at least 4 members (excludes halogenated alkanes) is 1. The smallest absolute Gasteiger partial charge is 0.0870 e. The molecule has 0 bridgehead atoms. The molecule has 0 atom stereocenters. The zero-order chi connectivity index (χ0) is 16.2. The number of nitrogens with one attached hydrogen (secondary N) is 1. The number of carbonyl (C=O) groups excluding carboxylic acids is 3. The molecule has 117 valence electrons. The van der Waals surface area contributed by atoms with E-state index in [0.717, 1.165) is 6.42 Å². The number of rotatable bonds is 2. The Bertz CT molecular complexity index is 299. The lowest BCUT2D eigenvalue weighted by Gasteiger charge is -2.34. The fraction of sp³-hybridized carbons (Fsp3) is 0.667. The van der Waals surface area contributed by atoms with Crippen molar-refractivity contribution in [3.05, 3.63) is 6.92 Å². The minimum absolute atomic E-state index is 0.468. The van der Waals surface area contributed by atoms with E-state index in [9.17, 15) is 9.90 Å². The predicted molar refractivity (Wildman–Crippen MR) is 64.3 cm³/mol. The summed E-state index contributed by atoms with van der Waals surface area (Å²) in [6.07, 6.45) is 3.21. The summed E-state index contributed by atoms with van der Waals surface area (Å²) >= 11 is 0. The lowest BCUT2D eigenvalue weighted by molar-refractivity contribution is -0.345. The molecular weight excluding hydrogens is 268 g/mol. The van der Waals surface area contributed by atoms with Gasteiger partial charge in [0.15, 0.2) is 0 Å². The van der Waals surface area contributed by atoms with Crippen LogP contribution in [0.1, 0.15) is 32.6 Å². The highest BCUT2D eigenvalue weighted by molar-refractivity contribution is 6.25. The van der Waals surface area contributed by atoms with E-state index in [1.807, 2.05) is 0 Å². The second kappa shape index (κ2) is 11.2. The molecular formula is C12H20N2O6-3. The van der Waals surface area contributed by atoms with E-state index in [2.05, 4.69) is 19.2 Å². The number of carboxylic acids is 3. The standard InChI is InChI=1S/C6H12N2O2.C4H9.C2H2O4/c7-6(5(9)10)1-3-8-4-2-6;1-3-4-2;3-1(4)2(5)6/h8H,1-4,7H2,(H,9,10);1,3-4H2,2H3;(H,3,4)(H,5,6)/p-3. The van der Waals surface area contributed by atoms with Gasteiger partial charge in [-0.05, 0) is 25.9 Å². The second-order valence-electron chi connectivity index (χ2n) is 4.12. The van der Waals surface area contributed by atoms with Crippen molar-refractivity contribution >= 4 is 17.9 Å². The van der Waals surface area contributed by atoms with E-state index in [4.69, 9.17) is 25.5 Å². The topological polar surface area (TPSA) is 158 Å². The van der Waals surface area contributed by atoms with Crippen LogP contribution in [-0.2, 0) is 14.4 Å². The summed E-state index contributed by atoms with van der Waals surface area (Å²) < 4.78 is 0. The SMILES string of the molecule is NC1(C(=O)[O-])CCNCC1.O=C([O-])C(=O)[O-].[CH2]CCC. The third-order valence-electron chi connectivity index (χ3n) is 2.42. The monoisotopic (exact) mass is 288 g/mol. The molecule has 0 unspecified atom stereocenters. The molecule has 0 saturated carbocycles. The third kappa shape index (κ3) is 10.3. The van der Waals surface area contributed by atoms with E-state index in [1.165, 1.54) is 6.42 Å². The Morgan fingerprint density at radius 1 is 1.15 bits per heavy atom. The normalized spacial score (nSPS) is 15.8. The van der Waals surface area contributed by atoms with Gasteiger partial charge in [-0.2, -0.15) is 0 Å². The molecule has 20 heavy (non-hydrogen) atoms. The first-order valence-corrected chi connectivity index (χ1v) is 6.13. The molecule has 1 radical (unpaired) electrons. The fourth-order valence-corrected chi connectivity index (χ4v) is 1.08. The number of hydrogen-bond acceptors (Lipinski definition) is 8. The first-order valence-electron chi connectivity index (χ1n) is 6.13. The van der Waals surface area contributed by atoms with Crippen LogP contribution in [-0.4, -0.2) is 36.5 Å². The molecule has 3 N–H and O–H groups in total. The third-order valence-corrected chi connectivity index (χ3v) is 2.42. The summed E-state index contributed by atoms with van der Waals surface area (Å²) in [5, 5.41) is 31.3. The van der Waals surface area contributed by atoms with Crippen molar-refractivity contribution in [3.63, 3.8) is 0 Å². The number of carbonyl (C=O) groups is 3. The van der Waals surface area contributed by atoms with E-state index in [0.29, 0.717) is 25.9 Å². The van der Waals surface area contributed by atoms with Gasteiger partial charge in [-0.25, -0.2) is 0 Å². The van der Waals surface area contributed by atoms with Crippen molar-refractivity contribution in [2.75, 3.05) is 13.1 Å². The summed E-state index contributed by atoms with van der Waals surface area (Å²) in [5.74, 6) is -5.50. The van der Waals surface area contributed by atoms with Crippen LogP contribution in [0.2, 0.25) is 0 Å². The summed E-state index contributed by atoms with van der Waals surface area (Å²) in [6.45, 7) is 7.06. The molecule has 0 aromatic rings. The van der Waals surface area contributed by atoms with Gasteiger partial charge in [0.25, 0.3) is 0 Å². The van der Waals surface area contributed by atoms with Gasteiger partial charge >= 0.3 is 0 Å². The van der Waals surface area contributed by atoms with Crippen LogP contribution in [0.25, 0.3) is 0 Å². The highest BCUT2D eigenvalue weighted by Crippen LogP contribution is 2.12. The Labute approximate surface area is 118 Å². The van der Waals surface area contributed by atoms with Gasteiger partial charge in [-0.3, -0.25) is 0 Å². The van der Waals surface area contributed by atoms with Crippen LogP contribution in [0.4, 0.5) is 0 Å². The molecule has 1 rings (SSSR count). The van der Waals surface area contributed by atoms with Crippen molar-refractivity contribution in [2.24, 2.45) is 5.73 Å². The average molecular weight is 288 g/mol. The zero-order valence-corrected chi connectivity index (χ0v) is 11.5. The Hall–Kier alpha value is -1.67. The molecule has 1 aliphatic rings. The van der Waals surface area contributed by atoms with Crippen LogP contribution in [0.5, 0.6) is 0 Å². The molecule has 0 spiro atoms. The fourth-order valence-electron chi connectivity index (χ4n) is 1.08. The molecule has 0 aromatic carbocycles. The van der Waals surface area contributed by atoms with Gasteiger partial charge in [-0.15, -0.1) is 0 Å². The van der Waals surface area contributed by atoms with Crippen molar-refractivity contribution in [1.29, 1.82) is 0 Å². The van der Waals surface area contributed by atoms with E-state index in [1.54, 1.807) is 0 Å². The molecule has 8 nitrogen and oxygen atoms in total. The van der Waals surface area contributed by atoms with Gasteiger partial charge in [0.05, 0.1) is 23.4 Å². The Morgan fingerprint density at radius 2 is 1.50 bits per heavy atom. The number of hydrogen-bond donors (Lipinski definition) is 2. The average Bonchev–Trinajstić information content (AvgIpc) is 2.40. The first-order chi connectivity index (χ1) is 9.21. The van der Waals surface area contributed by atoms with Gasteiger partial charge < -0.3 is 40.8 Å². The number of piperidine rings is 1. The summed E-state index contributed by atoms with van der Waals surface area (Å²) in [6, 6.07) is 0. The van der Waals surface area contributed by atoms with E-state index < -0.39 is 23.4 Å². The second-order valence-corrected chi connectivity index (χ2v) is 4.12. The highest BCUT2D eigenvalue weighted by atomic mass is 16.4. The summed E-state index contributed by atoms with van der Waals surface area (Å²) in [5.41, 5.74) is 4.42. The van der Waals surface area contributed by atoms with Crippen LogP contribution in [0.15, 0.2) is 0 Å². The molecule has 0 aromatic heterocycles. The van der Waals surface area contributed by atoms with Gasteiger partial charge in [0.2, 0.25) is 0 Å². The lowest BCUT2D eigenvalue weighted by atomic mass is 9.90. The molecule has 1 heterocycles. The van der Waals surface area contributed by atoms with Gasteiger partial charge in [0.1, 0.15) is 0 Å². The molecule has 0 amide bonds. The molecule has 8 heteroatoms. The van der Waals surface area contributed by atoms with Crippen LogP contribution in [0.3, 0.4) is 0 Å². The molecule has 1 aliphatic heterocycles. The summed E-state index contributed by atoms with van der Waals surface area (Å²) in [4.78, 5) is 28.3. The first kappa shape index (κ1) is 20.6. The zero-order valence-electron chi connectivity index (χ0n) is 11.5. The van der Waals surface area contributed by atoms with Gasteiger partial charge in [-0.1, -0.05) is 26.7 Å². The maximum absolute atomic E-state index is 10.4. The van der Waals surface area contributed by atoms with Crippen LogP contribution in [0, 0.1) is 6.92 Å². The number of nitrogens with two attached hydrogens (primary N) is 1. The summed E-state index contributed by atoms with van der Waals surface area (Å²) in [7, 11) is 0. The Morgan fingerprint density at radius 3 is 1.65 bits per heavy atom. The largest absolute Gasteiger partial charge is 0.548 e. The minimum atomic E-state index is -2.19.